The summed E-state index contributed by atoms with van der Waals surface area (Å²) in [4.78, 5) is 0. The molecule has 0 heterocycles. The molecule has 3 atom stereocenters. The molecule has 15 heteroatoms. The van der Waals surface area contributed by atoms with Crippen molar-refractivity contribution in [3.05, 3.63) is 12.3 Å². The van der Waals surface area contributed by atoms with Gasteiger partial charge in [-0.05, 0) is 37.5 Å². The highest BCUT2D eigenvalue weighted by Gasteiger charge is 2.78. The molecule has 2 N–H and O–H groups in total. The second-order valence-electron chi connectivity index (χ2n) is 11.0. The summed E-state index contributed by atoms with van der Waals surface area (Å²) >= 11 is 0. The quantitative estimate of drug-likeness (QED) is 0.227. The Labute approximate surface area is 212 Å². The third-order valence-electron chi connectivity index (χ3n) is 7.63. The molecule has 1 aliphatic carbocycles. The molecule has 1 fully saturated rings. The standard InChI is InChI=1S/C23H32F12O3/c1-11(2)10-17(6,12(3)4)13(5)38-16-8-14(18(36,20(24,25)26)21(27,28)29)7-15(9-16)19(37,22(30,31)32)23(33,34)35/h11-12,14-16,36-37H,5,7-10H2,1-4,6H3. The van der Waals surface area contributed by atoms with Gasteiger partial charge in [-0.3, -0.25) is 0 Å². The van der Waals surface area contributed by atoms with E-state index >= 15 is 0 Å². The molecule has 38 heavy (non-hydrogen) atoms. The minimum Gasteiger partial charge on any atom is -0.495 e. The van der Waals surface area contributed by atoms with Crippen molar-refractivity contribution in [2.75, 3.05) is 0 Å². The lowest BCUT2D eigenvalue weighted by molar-refractivity contribution is -0.405. The molecule has 3 nitrogen and oxygen atoms in total. The van der Waals surface area contributed by atoms with Crippen LogP contribution in [0.5, 0.6) is 0 Å². The van der Waals surface area contributed by atoms with E-state index in [9.17, 15) is 62.9 Å². The number of ether oxygens (including phenoxy) is 1. The SMILES string of the molecule is C=C(OC1CC(C(O)(C(F)(F)F)C(F)(F)F)CC(C(O)(C(F)(F)F)C(F)(F)F)C1)C(C)(CC(C)C)C(C)C. The number of hydrogen-bond acceptors (Lipinski definition) is 3. The Hall–Kier alpha value is -1.38. The van der Waals surface area contributed by atoms with Crippen molar-refractivity contribution in [3.63, 3.8) is 0 Å². The summed E-state index contributed by atoms with van der Waals surface area (Å²) in [6.07, 6.45) is -32.9. The fraction of sp³-hybridized carbons (Fsp3) is 0.913. The molecule has 1 rings (SSSR count). The van der Waals surface area contributed by atoms with Crippen LogP contribution in [0.3, 0.4) is 0 Å². The number of halogens is 12. The van der Waals surface area contributed by atoms with Crippen LogP contribution in [-0.4, -0.2) is 52.2 Å². The monoisotopic (exact) mass is 584 g/mol. The first kappa shape index (κ1) is 34.6. The highest BCUT2D eigenvalue weighted by molar-refractivity contribution is 5.10. The van der Waals surface area contributed by atoms with Gasteiger partial charge in [0.25, 0.3) is 11.2 Å². The fourth-order valence-corrected chi connectivity index (χ4v) is 5.15. The normalized spacial score (nSPS) is 24.5. The molecule has 1 saturated carbocycles. The Bertz CT molecular complexity index is 751. The van der Waals surface area contributed by atoms with Crippen LogP contribution in [-0.2, 0) is 4.74 Å². The molecule has 0 radical (unpaired) electrons. The van der Waals surface area contributed by atoms with Crippen molar-refractivity contribution in [3.8, 4) is 0 Å². The lowest BCUT2D eigenvalue weighted by atomic mass is 9.65. The number of allylic oxidation sites excluding steroid dienone is 1. The van der Waals surface area contributed by atoms with E-state index < -0.39 is 78.5 Å². The first-order valence-electron chi connectivity index (χ1n) is 11.6. The third kappa shape index (κ3) is 6.17. The topological polar surface area (TPSA) is 49.7 Å². The van der Waals surface area contributed by atoms with Crippen molar-refractivity contribution in [2.24, 2.45) is 29.1 Å². The van der Waals surface area contributed by atoms with Crippen molar-refractivity contribution in [1.82, 2.24) is 0 Å². The van der Waals surface area contributed by atoms with Gasteiger partial charge in [-0.1, -0.05) is 41.2 Å². The van der Waals surface area contributed by atoms with Gasteiger partial charge in [0.1, 0.15) is 0 Å². The third-order valence-corrected chi connectivity index (χ3v) is 7.63. The predicted octanol–water partition coefficient (Wildman–Crippen LogP) is 7.72. The van der Waals surface area contributed by atoms with Gasteiger partial charge in [-0.25, -0.2) is 0 Å². The minimum atomic E-state index is -6.53. The summed E-state index contributed by atoms with van der Waals surface area (Å²) < 4.78 is 168. The van der Waals surface area contributed by atoms with Crippen LogP contribution in [0.2, 0.25) is 0 Å². The molecule has 3 unspecified atom stereocenters. The zero-order valence-electron chi connectivity index (χ0n) is 21.3. The number of hydrogen-bond donors (Lipinski definition) is 2. The van der Waals surface area contributed by atoms with Crippen LogP contribution in [0.15, 0.2) is 12.3 Å². The van der Waals surface area contributed by atoms with Crippen LogP contribution >= 0.6 is 0 Å². The van der Waals surface area contributed by atoms with E-state index in [1.54, 1.807) is 34.6 Å². The highest BCUT2D eigenvalue weighted by Crippen LogP contribution is 2.58. The number of rotatable bonds is 8. The van der Waals surface area contributed by atoms with Crippen molar-refractivity contribution < 1.29 is 67.6 Å². The molecule has 226 valence electrons. The summed E-state index contributed by atoms with van der Waals surface area (Å²) in [5.41, 5.74) is -12.4. The average molecular weight is 584 g/mol. The molecule has 0 amide bonds. The molecule has 0 aliphatic heterocycles. The van der Waals surface area contributed by atoms with Crippen LogP contribution in [0.4, 0.5) is 52.7 Å². The van der Waals surface area contributed by atoms with E-state index in [1.165, 1.54) is 0 Å². The van der Waals surface area contributed by atoms with Crippen LogP contribution in [0, 0.1) is 29.1 Å². The highest BCUT2D eigenvalue weighted by atomic mass is 19.4. The van der Waals surface area contributed by atoms with Gasteiger partial charge in [0, 0.05) is 17.3 Å². The Morgan fingerprint density at radius 1 is 0.711 bits per heavy atom. The van der Waals surface area contributed by atoms with Crippen molar-refractivity contribution >= 4 is 0 Å². The minimum absolute atomic E-state index is 0.0595. The Balaban J connectivity index is 3.73. The summed E-state index contributed by atoms with van der Waals surface area (Å²) in [6.45, 7) is 12.1. The van der Waals surface area contributed by atoms with Gasteiger partial charge in [-0.15, -0.1) is 0 Å². The predicted molar refractivity (Wildman–Crippen MR) is 111 cm³/mol. The fourth-order valence-electron chi connectivity index (χ4n) is 5.15. The van der Waals surface area contributed by atoms with E-state index in [-0.39, 0.29) is 17.6 Å². The molecular weight excluding hydrogens is 552 g/mol. The first-order valence-corrected chi connectivity index (χ1v) is 11.6. The zero-order chi connectivity index (χ0) is 30.5. The molecule has 0 aromatic heterocycles. The number of alkyl halides is 12. The van der Waals surface area contributed by atoms with Gasteiger partial charge >= 0.3 is 24.7 Å². The summed E-state index contributed by atoms with van der Waals surface area (Å²) in [5, 5.41) is 19.7. The summed E-state index contributed by atoms with van der Waals surface area (Å²) in [5.74, 6) is -7.19. The van der Waals surface area contributed by atoms with E-state index in [4.69, 9.17) is 4.74 Å². The Kier molecular flexibility index (Phi) is 9.62. The average Bonchev–Trinajstić information content (AvgIpc) is 2.67. The molecule has 0 spiro atoms. The van der Waals surface area contributed by atoms with Crippen LogP contribution in [0.25, 0.3) is 0 Å². The first-order chi connectivity index (χ1) is 16.6. The molecule has 0 aromatic carbocycles. The maximum atomic E-state index is 13.6. The van der Waals surface area contributed by atoms with E-state index in [2.05, 4.69) is 6.58 Å². The van der Waals surface area contributed by atoms with E-state index in [0.717, 1.165) is 0 Å². The lowest BCUT2D eigenvalue weighted by Gasteiger charge is -2.49. The maximum Gasteiger partial charge on any atom is 0.426 e. The smallest absolute Gasteiger partial charge is 0.426 e. The summed E-state index contributed by atoms with van der Waals surface area (Å²) in [6, 6.07) is 0. The second kappa shape index (κ2) is 10.5. The molecule has 0 bridgehead atoms. The largest absolute Gasteiger partial charge is 0.495 e. The summed E-state index contributed by atoms with van der Waals surface area (Å²) in [7, 11) is 0. The maximum absolute atomic E-state index is 13.6. The molecule has 0 saturated heterocycles. The zero-order valence-corrected chi connectivity index (χ0v) is 21.3. The van der Waals surface area contributed by atoms with Crippen LogP contribution in [0.1, 0.15) is 60.3 Å². The Morgan fingerprint density at radius 2 is 1.03 bits per heavy atom. The van der Waals surface area contributed by atoms with E-state index in [1.807, 2.05) is 0 Å². The van der Waals surface area contributed by atoms with Gasteiger partial charge in [0.2, 0.25) is 0 Å². The molecular formula is C23H32F12O3. The van der Waals surface area contributed by atoms with Crippen LogP contribution < -0.4 is 0 Å². The lowest BCUT2D eigenvalue weighted by Crippen LogP contribution is -2.67. The number of aliphatic hydroxyl groups is 2. The second-order valence-corrected chi connectivity index (χ2v) is 11.0. The van der Waals surface area contributed by atoms with Gasteiger partial charge < -0.3 is 14.9 Å². The Morgan fingerprint density at radius 3 is 1.26 bits per heavy atom. The van der Waals surface area contributed by atoms with Gasteiger partial charge in [-0.2, -0.15) is 52.7 Å². The van der Waals surface area contributed by atoms with Gasteiger partial charge in [0.05, 0.1) is 11.9 Å². The van der Waals surface area contributed by atoms with Gasteiger partial charge in [0.15, 0.2) is 0 Å². The van der Waals surface area contributed by atoms with Crippen molar-refractivity contribution in [2.45, 2.75) is 102 Å². The molecule has 0 aromatic rings. The van der Waals surface area contributed by atoms with E-state index in [0.29, 0.717) is 6.42 Å². The van der Waals surface area contributed by atoms with Crippen molar-refractivity contribution in [1.29, 1.82) is 0 Å². The molecule has 1 aliphatic rings.